The van der Waals surface area contributed by atoms with Crippen molar-refractivity contribution in [3.05, 3.63) is 12.7 Å². The van der Waals surface area contributed by atoms with Crippen LogP contribution < -0.4 is 10.2 Å². The van der Waals surface area contributed by atoms with E-state index in [0.29, 0.717) is 0 Å². The minimum Gasteiger partial charge on any atom is -0.550 e. The number of carboxylic acids is 2. The molecule has 0 aromatic heterocycles. The topological polar surface area (TPSA) is 80.3 Å². The molecule has 4 nitrogen and oxygen atoms in total. The Labute approximate surface area is 384 Å². The number of rotatable bonds is 47. The van der Waals surface area contributed by atoms with Gasteiger partial charge in [-0.2, -0.15) is 0 Å². The van der Waals surface area contributed by atoms with Gasteiger partial charge in [-0.15, -0.1) is 6.58 Å². The van der Waals surface area contributed by atoms with Crippen molar-refractivity contribution in [1.82, 2.24) is 0 Å². The summed E-state index contributed by atoms with van der Waals surface area (Å²) in [5.41, 5.74) is 0. The minimum absolute atomic E-state index is 0. The van der Waals surface area contributed by atoms with E-state index in [2.05, 4.69) is 27.4 Å². The third kappa shape index (κ3) is 75.1. The third-order valence-corrected chi connectivity index (χ3v) is 11.7. The fraction of sp³-hybridized carbons (Fsp3) is 0.926. The molecule has 59 heavy (non-hydrogen) atoms. The van der Waals surface area contributed by atoms with E-state index < -0.39 is 11.9 Å². The summed E-state index contributed by atoms with van der Waals surface area (Å²) >= 11 is 0. The van der Waals surface area contributed by atoms with Crippen LogP contribution in [0.15, 0.2) is 12.7 Å². The summed E-state index contributed by atoms with van der Waals surface area (Å²) < 4.78 is 0. The van der Waals surface area contributed by atoms with Gasteiger partial charge in [-0.25, -0.2) is 0 Å². The summed E-state index contributed by atoms with van der Waals surface area (Å²) in [6.07, 6.45) is 63.2. The fourth-order valence-electron chi connectivity index (χ4n) is 7.76. The molecule has 0 atom stereocenters. The summed E-state index contributed by atoms with van der Waals surface area (Å²) in [6.45, 7) is 10.6. The summed E-state index contributed by atoms with van der Waals surface area (Å²) in [5.74, 6) is -1.81. The molecule has 0 spiro atoms. The standard InChI is InChI=1S/2C18H36O2.C18H36.Zn/c2*1-2-3-4-5-6-7-8-9-10-11-12-13-14-15-16-17-18(19)20;1-3-5-7-9-11-13-15-17-18-16-14-12-10-8-6-4-2;/h2*2-17H2,1H3,(H,19,20);3H,1,4-18H2,2H3;/q;;;+2/p-2. The Hall–Kier alpha value is -0.697. The van der Waals surface area contributed by atoms with Gasteiger partial charge >= 0.3 is 19.5 Å². The van der Waals surface area contributed by atoms with Crippen LogP contribution in [0.1, 0.15) is 323 Å². The van der Waals surface area contributed by atoms with E-state index in [1.165, 1.54) is 263 Å². The smallest absolute Gasteiger partial charge is 0.550 e. The van der Waals surface area contributed by atoms with Crippen LogP contribution in [0.3, 0.4) is 0 Å². The number of allylic oxidation sites excluding steroid dienone is 1. The molecule has 0 aliphatic heterocycles. The molecule has 5 heteroatoms. The van der Waals surface area contributed by atoms with E-state index in [1.54, 1.807) is 0 Å². The van der Waals surface area contributed by atoms with Crippen molar-refractivity contribution in [2.24, 2.45) is 0 Å². The average molecular weight is 885 g/mol. The molecule has 0 rings (SSSR count). The molecule has 0 aromatic rings. The Morgan fingerprint density at radius 2 is 0.458 bits per heavy atom. The first-order valence-corrected chi connectivity index (χ1v) is 26.5. The molecule has 0 fully saturated rings. The number of aliphatic carboxylic acids is 2. The van der Waals surface area contributed by atoms with Gasteiger partial charge < -0.3 is 19.8 Å². The third-order valence-electron chi connectivity index (χ3n) is 11.7. The van der Waals surface area contributed by atoms with Crippen LogP contribution in [0.2, 0.25) is 0 Å². The number of carbonyl (C=O) groups is 2. The molecule has 0 unspecified atom stereocenters. The molecule has 0 amide bonds. The van der Waals surface area contributed by atoms with Crippen molar-refractivity contribution < 1.29 is 39.3 Å². The van der Waals surface area contributed by atoms with Crippen molar-refractivity contribution in [3.63, 3.8) is 0 Å². The molecule has 348 valence electrons. The Kier molecular flexibility index (Phi) is 70.4. The first-order valence-electron chi connectivity index (χ1n) is 26.5. The predicted octanol–water partition coefficient (Wildman–Crippen LogP) is 17.0. The quantitative estimate of drug-likeness (QED) is 0.0346. The molecule has 0 heterocycles. The zero-order valence-corrected chi connectivity index (χ0v) is 43.8. The summed E-state index contributed by atoms with van der Waals surface area (Å²) in [6, 6.07) is 0. The number of carbonyl (C=O) groups excluding carboxylic acids is 2. The van der Waals surface area contributed by atoms with E-state index in [9.17, 15) is 19.8 Å². The van der Waals surface area contributed by atoms with Gasteiger partial charge in [0.25, 0.3) is 0 Å². The fourth-order valence-corrected chi connectivity index (χ4v) is 7.76. The molecule has 0 aliphatic carbocycles. The van der Waals surface area contributed by atoms with Crippen molar-refractivity contribution in [2.75, 3.05) is 0 Å². The number of hydrogen-bond donors (Lipinski definition) is 0. The monoisotopic (exact) mass is 883 g/mol. The zero-order chi connectivity index (χ0) is 43.1. The number of hydrogen-bond acceptors (Lipinski definition) is 4. The zero-order valence-electron chi connectivity index (χ0n) is 40.9. The van der Waals surface area contributed by atoms with Gasteiger partial charge in [0.1, 0.15) is 0 Å². The van der Waals surface area contributed by atoms with E-state index >= 15 is 0 Å². The Bertz CT molecular complexity index is 713. The van der Waals surface area contributed by atoms with Crippen LogP contribution >= 0.6 is 0 Å². The molecular formula is C54H106O4Zn. The van der Waals surface area contributed by atoms with Crippen molar-refractivity contribution in [2.45, 2.75) is 323 Å². The van der Waals surface area contributed by atoms with Crippen LogP contribution in [0.4, 0.5) is 0 Å². The largest absolute Gasteiger partial charge is 2.00 e. The van der Waals surface area contributed by atoms with Gasteiger partial charge in [0.15, 0.2) is 0 Å². The molecule has 0 radical (unpaired) electrons. The maximum absolute atomic E-state index is 10.2. The summed E-state index contributed by atoms with van der Waals surface area (Å²) in [5, 5.41) is 20.4. The number of unbranched alkanes of at least 4 members (excludes halogenated alkanes) is 42. The van der Waals surface area contributed by atoms with E-state index in [0.717, 1.165) is 25.7 Å². The molecule has 0 saturated heterocycles. The molecular weight excluding hydrogens is 778 g/mol. The summed E-state index contributed by atoms with van der Waals surface area (Å²) in [4.78, 5) is 20.4. The van der Waals surface area contributed by atoms with E-state index in [-0.39, 0.29) is 32.3 Å². The maximum atomic E-state index is 10.2. The number of carboxylic acid groups (broad SMARTS) is 2. The van der Waals surface area contributed by atoms with Gasteiger partial charge in [-0.1, -0.05) is 290 Å². The predicted molar refractivity (Wildman–Crippen MR) is 254 cm³/mol. The van der Waals surface area contributed by atoms with Crippen LogP contribution in [-0.4, -0.2) is 11.9 Å². The minimum atomic E-state index is -0.903. The van der Waals surface area contributed by atoms with Gasteiger partial charge in [-0.05, 0) is 38.5 Å². The van der Waals surface area contributed by atoms with Crippen molar-refractivity contribution in [3.8, 4) is 0 Å². The van der Waals surface area contributed by atoms with Crippen LogP contribution in [-0.2, 0) is 29.1 Å². The van der Waals surface area contributed by atoms with Gasteiger partial charge in [-0.3, -0.25) is 0 Å². The Balaban J connectivity index is -0.000000382. The first kappa shape index (κ1) is 64.9. The van der Waals surface area contributed by atoms with Gasteiger partial charge in [0, 0.05) is 11.9 Å². The SMILES string of the molecule is C=CCCCCCCCCCCCCCCCC.CCCCCCCCCCCCCCCCCC(=O)[O-].CCCCCCCCCCCCCCCCCC(=O)[O-].[Zn+2]. The normalized spacial score (nSPS) is 10.6. The van der Waals surface area contributed by atoms with Crippen molar-refractivity contribution in [1.29, 1.82) is 0 Å². The Morgan fingerprint density at radius 3 is 0.610 bits per heavy atom. The second-order valence-electron chi connectivity index (χ2n) is 17.8. The molecule has 0 N–H and O–H groups in total. The average Bonchev–Trinajstić information content (AvgIpc) is 3.21. The second-order valence-corrected chi connectivity index (χ2v) is 17.8. The van der Waals surface area contributed by atoms with E-state index in [1.807, 2.05) is 6.08 Å². The van der Waals surface area contributed by atoms with Crippen molar-refractivity contribution >= 4 is 11.9 Å². The molecule has 0 bridgehead atoms. The summed E-state index contributed by atoms with van der Waals surface area (Å²) in [7, 11) is 0. The second kappa shape index (κ2) is 63.9. The molecule has 0 aliphatic rings. The maximum Gasteiger partial charge on any atom is 2.00 e. The van der Waals surface area contributed by atoms with Gasteiger partial charge in [0.05, 0.1) is 0 Å². The molecule has 0 saturated carbocycles. The van der Waals surface area contributed by atoms with Crippen LogP contribution in [0.5, 0.6) is 0 Å². The molecule has 0 aromatic carbocycles. The Morgan fingerprint density at radius 1 is 0.305 bits per heavy atom. The van der Waals surface area contributed by atoms with Gasteiger partial charge in [0.2, 0.25) is 0 Å². The van der Waals surface area contributed by atoms with Crippen LogP contribution in [0.25, 0.3) is 0 Å². The first-order chi connectivity index (χ1) is 28.5. The van der Waals surface area contributed by atoms with Crippen LogP contribution in [0, 0.1) is 0 Å². The van der Waals surface area contributed by atoms with E-state index in [4.69, 9.17) is 0 Å².